The molecule has 2 aromatic heterocycles. The summed E-state index contributed by atoms with van der Waals surface area (Å²) in [5.74, 6) is -0.0541. The first-order chi connectivity index (χ1) is 13.8. The van der Waals surface area contributed by atoms with E-state index in [0.29, 0.717) is 12.1 Å². The highest BCUT2D eigenvalue weighted by atomic mass is 16.2. The van der Waals surface area contributed by atoms with E-state index in [-0.39, 0.29) is 23.2 Å². The molecule has 1 aromatic carbocycles. The molecular weight excluding hydrogens is 364 g/mol. The average Bonchev–Trinajstić information content (AvgIpc) is 3.17. The predicted molar refractivity (Wildman–Crippen MR) is 111 cm³/mol. The zero-order chi connectivity index (χ0) is 21.0. The molecule has 1 amide bonds. The van der Waals surface area contributed by atoms with Crippen LogP contribution in [0, 0.1) is 11.3 Å². The summed E-state index contributed by atoms with van der Waals surface area (Å²) in [5, 5.41) is 16.9. The van der Waals surface area contributed by atoms with E-state index in [4.69, 9.17) is 0 Å². The second kappa shape index (κ2) is 8.23. The molecule has 0 unspecified atom stereocenters. The number of rotatable bonds is 5. The lowest BCUT2D eigenvalue weighted by atomic mass is 10.0. The lowest BCUT2D eigenvalue weighted by molar-refractivity contribution is -0.126. The van der Waals surface area contributed by atoms with Crippen LogP contribution in [0.3, 0.4) is 0 Å². The maximum atomic E-state index is 12.6. The van der Waals surface area contributed by atoms with Crippen LogP contribution in [0.1, 0.15) is 45.9 Å². The summed E-state index contributed by atoms with van der Waals surface area (Å²) in [7, 11) is 0. The quantitative estimate of drug-likeness (QED) is 0.718. The molecule has 7 nitrogen and oxygen atoms in total. The molecule has 2 heterocycles. The third kappa shape index (κ3) is 4.66. The predicted octanol–water partition coefficient (Wildman–Crippen LogP) is 3.74. The molecule has 0 aliphatic rings. The van der Waals surface area contributed by atoms with Crippen LogP contribution in [0.15, 0.2) is 48.9 Å². The van der Waals surface area contributed by atoms with Crippen LogP contribution in [0.5, 0.6) is 0 Å². The molecular formula is C22H24N6O. The van der Waals surface area contributed by atoms with Gasteiger partial charge in [-0.25, -0.2) is 4.98 Å². The third-order valence-corrected chi connectivity index (χ3v) is 4.35. The van der Waals surface area contributed by atoms with Crippen molar-refractivity contribution in [2.24, 2.45) is 0 Å². The molecule has 7 heteroatoms. The second-order valence-electron chi connectivity index (χ2n) is 7.79. The fourth-order valence-corrected chi connectivity index (χ4v) is 3.07. The van der Waals surface area contributed by atoms with E-state index in [1.54, 1.807) is 10.9 Å². The van der Waals surface area contributed by atoms with Gasteiger partial charge in [0.15, 0.2) is 5.69 Å². The molecule has 0 spiro atoms. The minimum Gasteiger partial charge on any atom is -0.350 e. The van der Waals surface area contributed by atoms with Crippen LogP contribution in [0.2, 0.25) is 0 Å². The van der Waals surface area contributed by atoms with Crippen molar-refractivity contribution in [3.05, 3.63) is 54.6 Å². The van der Waals surface area contributed by atoms with Gasteiger partial charge in [0.25, 0.3) is 0 Å². The van der Waals surface area contributed by atoms with E-state index in [1.807, 2.05) is 64.2 Å². The van der Waals surface area contributed by atoms with Gasteiger partial charge in [0.05, 0.1) is 5.69 Å². The van der Waals surface area contributed by atoms with Crippen molar-refractivity contribution in [2.75, 3.05) is 0 Å². The maximum Gasteiger partial charge on any atom is 0.245 e. The third-order valence-electron chi connectivity index (χ3n) is 4.35. The molecule has 148 valence electrons. The van der Waals surface area contributed by atoms with Crippen LogP contribution in [0.4, 0.5) is 0 Å². The van der Waals surface area contributed by atoms with Crippen LogP contribution in [0.25, 0.3) is 22.5 Å². The number of benzene rings is 1. The highest BCUT2D eigenvalue weighted by Gasteiger charge is 2.23. The molecule has 0 saturated heterocycles. The number of nitrogens with one attached hydrogen (secondary N) is 1. The van der Waals surface area contributed by atoms with Gasteiger partial charge in [-0.05, 0) is 39.3 Å². The zero-order valence-corrected chi connectivity index (χ0v) is 17.0. The molecule has 1 N–H and O–H groups in total. The molecule has 29 heavy (non-hydrogen) atoms. The lowest BCUT2D eigenvalue weighted by Crippen LogP contribution is -2.44. The Morgan fingerprint density at radius 2 is 1.93 bits per heavy atom. The van der Waals surface area contributed by atoms with Gasteiger partial charge in [0, 0.05) is 35.3 Å². The van der Waals surface area contributed by atoms with Crippen molar-refractivity contribution in [1.29, 1.82) is 5.26 Å². The Kier molecular flexibility index (Phi) is 5.74. The monoisotopic (exact) mass is 388 g/mol. The average molecular weight is 388 g/mol. The lowest BCUT2D eigenvalue weighted by Gasteiger charge is -2.24. The first-order valence-corrected chi connectivity index (χ1v) is 9.51. The number of aromatic nitrogens is 4. The number of nitriles is 1. The van der Waals surface area contributed by atoms with Crippen molar-refractivity contribution in [3.8, 4) is 28.6 Å². The smallest absolute Gasteiger partial charge is 0.245 e. The summed E-state index contributed by atoms with van der Waals surface area (Å²) >= 11 is 0. The van der Waals surface area contributed by atoms with E-state index < -0.39 is 0 Å². The highest BCUT2D eigenvalue weighted by Crippen LogP contribution is 2.26. The van der Waals surface area contributed by atoms with Gasteiger partial charge < -0.3 is 5.32 Å². The van der Waals surface area contributed by atoms with Gasteiger partial charge in [-0.2, -0.15) is 10.4 Å². The Balaban J connectivity index is 1.91. The molecule has 0 aliphatic carbocycles. The van der Waals surface area contributed by atoms with Crippen LogP contribution in [-0.4, -0.2) is 31.2 Å². The SMILES string of the molecule is CC[C@H](C(=O)NC(C)(C)C)n1ccc(-c2cccc(-c3nccnc3C#N)c2)n1. The van der Waals surface area contributed by atoms with E-state index in [9.17, 15) is 10.1 Å². The van der Waals surface area contributed by atoms with E-state index in [2.05, 4.69) is 26.5 Å². The molecule has 0 bridgehead atoms. The zero-order valence-electron chi connectivity index (χ0n) is 17.0. The number of nitrogens with zero attached hydrogens (tertiary/aromatic N) is 5. The van der Waals surface area contributed by atoms with E-state index in [1.165, 1.54) is 6.20 Å². The minimum atomic E-state index is -0.378. The summed E-state index contributed by atoms with van der Waals surface area (Å²) < 4.78 is 1.70. The fraction of sp³-hybridized carbons (Fsp3) is 0.318. The van der Waals surface area contributed by atoms with Crippen LogP contribution >= 0.6 is 0 Å². The number of carbonyl (C=O) groups excluding carboxylic acids is 1. The van der Waals surface area contributed by atoms with Crippen molar-refractivity contribution >= 4 is 5.91 Å². The van der Waals surface area contributed by atoms with Gasteiger partial charge in [0.1, 0.15) is 17.8 Å². The van der Waals surface area contributed by atoms with Crippen LogP contribution in [-0.2, 0) is 4.79 Å². The Morgan fingerprint density at radius 3 is 2.62 bits per heavy atom. The maximum absolute atomic E-state index is 12.6. The van der Waals surface area contributed by atoms with E-state index in [0.717, 1.165) is 16.8 Å². The van der Waals surface area contributed by atoms with Crippen molar-refractivity contribution in [2.45, 2.75) is 45.7 Å². The molecule has 0 fully saturated rings. The summed E-state index contributed by atoms with van der Waals surface area (Å²) in [4.78, 5) is 21.0. The highest BCUT2D eigenvalue weighted by molar-refractivity contribution is 5.81. The molecule has 0 radical (unpaired) electrons. The number of amides is 1. The first-order valence-electron chi connectivity index (χ1n) is 9.51. The minimum absolute atomic E-state index is 0.0541. The summed E-state index contributed by atoms with van der Waals surface area (Å²) in [5.41, 5.74) is 2.92. The fourth-order valence-electron chi connectivity index (χ4n) is 3.07. The number of carbonyl (C=O) groups is 1. The topological polar surface area (TPSA) is 96.5 Å². The Morgan fingerprint density at radius 1 is 1.21 bits per heavy atom. The standard InChI is InChI=1S/C22H24N6O/c1-5-19(21(29)26-22(2,3)4)28-12-9-17(27-28)15-7-6-8-16(13-15)20-18(14-23)24-10-11-25-20/h6-13,19H,5H2,1-4H3,(H,26,29)/t19-/m1/s1. The van der Waals surface area contributed by atoms with Gasteiger partial charge >= 0.3 is 0 Å². The number of hydrogen-bond acceptors (Lipinski definition) is 5. The number of hydrogen-bond donors (Lipinski definition) is 1. The molecule has 3 aromatic rings. The Labute approximate surface area is 170 Å². The molecule has 1 atom stereocenters. The Hall–Kier alpha value is -3.53. The van der Waals surface area contributed by atoms with Gasteiger partial charge in [-0.15, -0.1) is 0 Å². The molecule has 0 saturated carbocycles. The van der Waals surface area contributed by atoms with Crippen molar-refractivity contribution in [1.82, 2.24) is 25.1 Å². The van der Waals surface area contributed by atoms with Gasteiger partial charge in [-0.3, -0.25) is 14.5 Å². The van der Waals surface area contributed by atoms with Crippen molar-refractivity contribution in [3.63, 3.8) is 0 Å². The summed E-state index contributed by atoms with van der Waals surface area (Å²) in [6.07, 6.45) is 5.52. The van der Waals surface area contributed by atoms with Crippen LogP contribution < -0.4 is 5.32 Å². The van der Waals surface area contributed by atoms with E-state index >= 15 is 0 Å². The second-order valence-corrected chi connectivity index (χ2v) is 7.79. The Bertz CT molecular complexity index is 1060. The van der Waals surface area contributed by atoms with Crippen molar-refractivity contribution < 1.29 is 4.79 Å². The summed E-state index contributed by atoms with van der Waals surface area (Å²) in [6, 6.07) is 11.2. The van der Waals surface area contributed by atoms with Gasteiger partial charge in [-0.1, -0.05) is 25.1 Å². The van der Waals surface area contributed by atoms with Gasteiger partial charge in [0.2, 0.25) is 5.91 Å². The first kappa shape index (κ1) is 20.2. The molecule has 3 rings (SSSR count). The largest absolute Gasteiger partial charge is 0.350 e. The summed E-state index contributed by atoms with van der Waals surface area (Å²) in [6.45, 7) is 7.84. The normalized spacial score (nSPS) is 12.2. The molecule has 0 aliphatic heterocycles.